The molecule has 5 heteroatoms. The number of ether oxygens (including phenoxy) is 2. The maximum absolute atomic E-state index is 11.8. The van der Waals surface area contributed by atoms with Crippen molar-refractivity contribution in [2.45, 2.75) is 6.92 Å². The summed E-state index contributed by atoms with van der Waals surface area (Å²) >= 11 is 3.37. The molecule has 4 nitrogen and oxygen atoms in total. The number of hydrogen-bond donors (Lipinski definition) is 1. The van der Waals surface area contributed by atoms with E-state index in [9.17, 15) is 4.79 Å². The van der Waals surface area contributed by atoms with Gasteiger partial charge in [-0.2, -0.15) is 0 Å². The lowest BCUT2D eigenvalue weighted by Crippen LogP contribution is -2.28. The van der Waals surface area contributed by atoms with Crippen LogP contribution in [-0.4, -0.2) is 24.6 Å². The predicted molar refractivity (Wildman–Crippen MR) is 67.9 cm³/mol. The Kier molecular flexibility index (Phi) is 3.89. The molecule has 1 N–H and O–H groups in total. The van der Waals surface area contributed by atoms with E-state index in [-0.39, 0.29) is 12.7 Å². The minimum Gasteiger partial charge on any atom is -0.454 e. The molecule has 1 aromatic carbocycles. The van der Waals surface area contributed by atoms with Crippen LogP contribution in [0, 0.1) is 5.92 Å². The number of fused-ring (bicyclic) bond motifs is 1. The largest absolute Gasteiger partial charge is 0.454 e. The summed E-state index contributed by atoms with van der Waals surface area (Å²) in [7, 11) is 0. The van der Waals surface area contributed by atoms with Gasteiger partial charge in [0.15, 0.2) is 11.5 Å². The number of carbonyl (C=O) groups is 1. The van der Waals surface area contributed by atoms with Crippen molar-refractivity contribution in [3.8, 4) is 11.5 Å². The molecule has 0 fully saturated rings. The van der Waals surface area contributed by atoms with Crippen LogP contribution in [0.25, 0.3) is 0 Å². The number of alkyl halides is 1. The molecule has 0 bridgehead atoms. The third-order valence-electron chi connectivity index (χ3n) is 2.51. The third kappa shape index (κ3) is 2.91. The van der Waals surface area contributed by atoms with Gasteiger partial charge < -0.3 is 14.8 Å². The number of hydrogen-bond acceptors (Lipinski definition) is 3. The smallest absolute Gasteiger partial charge is 0.251 e. The van der Waals surface area contributed by atoms with Crippen LogP contribution in [0.5, 0.6) is 11.5 Å². The molecule has 0 aromatic heterocycles. The summed E-state index contributed by atoms with van der Waals surface area (Å²) in [6.45, 7) is 2.94. The van der Waals surface area contributed by atoms with Crippen molar-refractivity contribution in [1.29, 1.82) is 0 Å². The molecular weight excluding hydrogens is 286 g/mol. The molecule has 0 aliphatic carbocycles. The summed E-state index contributed by atoms with van der Waals surface area (Å²) in [6, 6.07) is 5.20. The van der Waals surface area contributed by atoms with E-state index in [0.717, 1.165) is 5.33 Å². The molecule has 92 valence electrons. The van der Waals surface area contributed by atoms with E-state index >= 15 is 0 Å². The SMILES string of the molecule is CC(CBr)CNC(=O)c1ccc2c(c1)OCO2. The molecule has 17 heavy (non-hydrogen) atoms. The van der Waals surface area contributed by atoms with Crippen LogP contribution in [0.15, 0.2) is 18.2 Å². The van der Waals surface area contributed by atoms with Crippen LogP contribution in [0.3, 0.4) is 0 Å². The van der Waals surface area contributed by atoms with E-state index in [4.69, 9.17) is 9.47 Å². The Bertz CT molecular complexity index is 422. The third-order valence-corrected chi connectivity index (χ3v) is 3.61. The molecule has 1 aliphatic rings. The first kappa shape index (κ1) is 12.2. The van der Waals surface area contributed by atoms with Gasteiger partial charge in [0.2, 0.25) is 6.79 Å². The Hall–Kier alpha value is -1.23. The number of rotatable bonds is 4. The average molecular weight is 300 g/mol. The van der Waals surface area contributed by atoms with Crippen molar-refractivity contribution in [2.24, 2.45) is 5.92 Å². The van der Waals surface area contributed by atoms with Crippen LogP contribution in [0.4, 0.5) is 0 Å². The predicted octanol–water partition coefficient (Wildman–Crippen LogP) is 2.18. The molecule has 1 amide bonds. The standard InChI is InChI=1S/C12H14BrNO3/c1-8(5-13)6-14-12(15)9-2-3-10-11(4-9)17-7-16-10/h2-4,8H,5-7H2,1H3,(H,14,15). The molecule has 0 saturated heterocycles. The first-order valence-electron chi connectivity index (χ1n) is 5.44. The number of halogens is 1. The van der Waals surface area contributed by atoms with Crippen molar-refractivity contribution < 1.29 is 14.3 Å². The zero-order valence-corrected chi connectivity index (χ0v) is 11.1. The van der Waals surface area contributed by atoms with Gasteiger partial charge in [-0.05, 0) is 24.1 Å². The van der Waals surface area contributed by atoms with Gasteiger partial charge in [-0.1, -0.05) is 22.9 Å². The maximum Gasteiger partial charge on any atom is 0.251 e. The van der Waals surface area contributed by atoms with Crippen LogP contribution in [0.1, 0.15) is 17.3 Å². The number of amides is 1. The zero-order valence-electron chi connectivity index (χ0n) is 9.53. The summed E-state index contributed by atoms with van der Waals surface area (Å²) in [6.07, 6.45) is 0. The second-order valence-corrected chi connectivity index (χ2v) is 4.69. The van der Waals surface area contributed by atoms with Crippen molar-refractivity contribution in [1.82, 2.24) is 5.32 Å². The van der Waals surface area contributed by atoms with Crippen molar-refractivity contribution in [2.75, 3.05) is 18.7 Å². The highest BCUT2D eigenvalue weighted by atomic mass is 79.9. The van der Waals surface area contributed by atoms with Crippen LogP contribution in [-0.2, 0) is 0 Å². The molecule has 1 aromatic rings. The lowest BCUT2D eigenvalue weighted by atomic mass is 10.1. The van der Waals surface area contributed by atoms with Gasteiger partial charge in [-0.3, -0.25) is 4.79 Å². The molecule has 0 saturated carbocycles. The van der Waals surface area contributed by atoms with Gasteiger partial charge in [0, 0.05) is 17.4 Å². The van der Waals surface area contributed by atoms with Gasteiger partial charge in [-0.25, -0.2) is 0 Å². The van der Waals surface area contributed by atoms with Gasteiger partial charge in [0.25, 0.3) is 5.91 Å². The Labute approximate surface area is 108 Å². The van der Waals surface area contributed by atoms with Crippen LogP contribution in [0.2, 0.25) is 0 Å². The van der Waals surface area contributed by atoms with Gasteiger partial charge in [-0.15, -0.1) is 0 Å². The maximum atomic E-state index is 11.8. The lowest BCUT2D eigenvalue weighted by molar-refractivity contribution is 0.0949. The second kappa shape index (κ2) is 5.40. The molecule has 0 spiro atoms. The van der Waals surface area contributed by atoms with E-state index in [0.29, 0.717) is 29.5 Å². The number of benzene rings is 1. The van der Waals surface area contributed by atoms with Crippen molar-refractivity contribution in [3.05, 3.63) is 23.8 Å². The highest BCUT2D eigenvalue weighted by Gasteiger charge is 2.16. The quantitative estimate of drug-likeness (QED) is 0.867. The number of nitrogens with one attached hydrogen (secondary N) is 1. The fraction of sp³-hybridized carbons (Fsp3) is 0.417. The fourth-order valence-corrected chi connectivity index (χ4v) is 1.69. The van der Waals surface area contributed by atoms with Gasteiger partial charge in [0.1, 0.15) is 0 Å². The molecule has 1 heterocycles. The van der Waals surface area contributed by atoms with E-state index in [1.165, 1.54) is 0 Å². The van der Waals surface area contributed by atoms with Crippen molar-refractivity contribution in [3.63, 3.8) is 0 Å². The van der Waals surface area contributed by atoms with E-state index in [1.54, 1.807) is 18.2 Å². The van der Waals surface area contributed by atoms with E-state index < -0.39 is 0 Å². The Morgan fingerprint density at radius 2 is 2.24 bits per heavy atom. The molecule has 1 aliphatic heterocycles. The average Bonchev–Trinajstić information content (AvgIpc) is 2.82. The van der Waals surface area contributed by atoms with Gasteiger partial charge >= 0.3 is 0 Å². The summed E-state index contributed by atoms with van der Waals surface area (Å²) in [5.41, 5.74) is 0.594. The molecule has 1 unspecified atom stereocenters. The molecule has 0 radical (unpaired) electrons. The minimum atomic E-state index is -0.0869. The topological polar surface area (TPSA) is 47.6 Å². The monoisotopic (exact) mass is 299 g/mol. The zero-order chi connectivity index (χ0) is 12.3. The summed E-state index contributed by atoms with van der Waals surface area (Å²) in [4.78, 5) is 11.8. The molecular formula is C12H14BrNO3. The Morgan fingerprint density at radius 3 is 3.00 bits per heavy atom. The minimum absolute atomic E-state index is 0.0869. The molecule has 2 rings (SSSR count). The highest BCUT2D eigenvalue weighted by Crippen LogP contribution is 2.32. The second-order valence-electron chi connectivity index (χ2n) is 4.04. The highest BCUT2D eigenvalue weighted by molar-refractivity contribution is 9.09. The summed E-state index contributed by atoms with van der Waals surface area (Å²) in [5.74, 6) is 1.64. The van der Waals surface area contributed by atoms with Crippen LogP contribution >= 0.6 is 15.9 Å². The van der Waals surface area contributed by atoms with E-state index in [2.05, 4.69) is 28.2 Å². The van der Waals surface area contributed by atoms with E-state index in [1.807, 2.05) is 0 Å². The number of carbonyl (C=O) groups excluding carboxylic acids is 1. The molecule has 1 atom stereocenters. The lowest BCUT2D eigenvalue weighted by Gasteiger charge is -2.09. The first-order chi connectivity index (χ1) is 8.20. The first-order valence-corrected chi connectivity index (χ1v) is 6.56. The Morgan fingerprint density at radius 1 is 1.47 bits per heavy atom. The van der Waals surface area contributed by atoms with Gasteiger partial charge in [0.05, 0.1) is 0 Å². The normalized spacial score (nSPS) is 14.5. The summed E-state index contributed by atoms with van der Waals surface area (Å²) in [5, 5.41) is 3.74. The summed E-state index contributed by atoms with van der Waals surface area (Å²) < 4.78 is 10.4. The Balaban J connectivity index is 2.00. The van der Waals surface area contributed by atoms with Crippen LogP contribution < -0.4 is 14.8 Å². The fourth-order valence-electron chi connectivity index (χ4n) is 1.46. The van der Waals surface area contributed by atoms with Crippen molar-refractivity contribution >= 4 is 21.8 Å².